The highest BCUT2D eigenvalue weighted by molar-refractivity contribution is 5.79. The Hall–Kier alpha value is -2.10. The Bertz CT molecular complexity index is 736. The zero-order chi connectivity index (χ0) is 19.4. The molecule has 1 aromatic carbocycles. The Morgan fingerprint density at radius 2 is 1.81 bits per heavy atom. The monoisotopic (exact) mass is 368 g/mol. The van der Waals surface area contributed by atoms with Gasteiger partial charge in [-0.25, -0.2) is 0 Å². The van der Waals surface area contributed by atoms with E-state index in [2.05, 4.69) is 48.6 Å². The predicted molar refractivity (Wildman–Crippen MR) is 108 cm³/mol. The van der Waals surface area contributed by atoms with E-state index in [1.165, 1.54) is 43.2 Å². The van der Waals surface area contributed by atoms with Crippen LogP contribution in [-0.4, -0.2) is 11.1 Å². The van der Waals surface area contributed by atoms with Crippen LogP contribution in [0.1, 0.15) is 86.1 Å². The van der Waals surface area contributed by atoms with Crippen molar-refractivity contribution >= 4 is 5.91 Å². The summed E-state index contributed by atoms with van der Waals surface area (Å²) >= 11 is 0. The Labute approximate surface area is 162 Å². The van der Waals surface area contributed by atoms with Crippen molar-refractivity contribution < 1.29 is 9.32 Å². The van der Waals surface area contributed by atoms with Crippen molar-refractivity contribution in [3.8, 4) is 0 Å². The summed E-state index contributed by atoms with van der Waals surface area (Å²) in [6.45, 7) is 8.03. The molecule has 1 aliphatic carbocycles. The Morgan fingerprint density at radius 3 is 2.37 bits per heavy atom. The Morgan fingerprint density at radius 1 is 1.15 bits per heavy atom. The van der Waals surface area contributed by atoms with Crippen molar-refractivity contribution in [2.45, 2.75) is 78.2 Å². The number of amides is 1. The van der Waals surface area contributed by atoms with Crippen molar-refractivity contribution in [2.75, 3.05) is 0 Å². The van der Waals surface area contributed by atoms with Crippen molar-refractivity contribution in [2.24, 2.45) is 5.92 Å². The summed E-state index contributed by atoms with van der Waals surface area (Å²) in [5.74, 6) is 1.76. The van der Waals surface area contributed by atoms with Crippen molar-refractivity contribution in [1.29, 1.82) is 0 Å². The molecule has 1 heterocycles. The van der Waals surface area contributed by atoms with E-state index < -0.39 is 0 Å². The largest absolute Gasteiger partial charge is 0.361 e. The minimum absolute atomic E-state index is 0.0124. The third-order valence-corrected chi connectivity index (χ3v) is 5.87. The van der Waals surface area contributed by atoms with E-state index in [-0.39, 0.29) is 11.9 Å². The molecule has 2 aromatic rings. The number of hydrogen-bond acceptors (Lipinski definition) is 3. The first-order valence-electron chi connectivity index (χ1n) is 10.3. The van der Waals surface area contributed by atoms with E-state index in [1.54, 1.807) is 0 Å². The second kappa shape index (κ2) is 8.73. The highest BCUT2D eigenvalue weighted by Crippen LogP contribution is 2.33. The van der Waals surface area contributed by atoms with Gasteiger partial charge in [0, 0.05) is 5.56 Å². The van der Waals surface area contributed by atoms with E-state index >= 15 is 0 Å². The van der Waals surface area contributed by atoms with Crippen LogP contribution in [0, 0.1) is 19.8 Å². The van der Waals surface area contributed by atoms with Gasteiger partial charge >= 0.3 is 0 Å². The lowest BCUT2D eigenvalue weighted by Gasteiger charge is -2.25. The normalized spacial score (nSPS) is 16.5. The smallest absolute Gasteiger partial charge is 0.225 e. The van der Waals surface area contributed by atoms with Crippen LogP contribution >= 0.6 is 0 Å². The van der Waals surface area contributed by atoms with Crippen LogP contribution in [0.4, 0.5) is 0 Å². The zero-order valence-electron chi connectivity index (χ0n) is 17.0. The minimum atomic E-state index is 0.0124. The molecular weight excluding hydrogens is 336 g/mol. The summed E-state index contributed by atoms with van der Waals surface area (Å²) in [6.07, 6.45) is 6.99. The standard InChI is InChI=1S/C23H32N2O2/c1-15(2)23(24-22(26)14-21-16(3)25-27-17(21)4)20-12-10-19(11-13-20)18-8-6-5-7-9-18/h10-13,15,18,23H,5-9,14H2,1-4H3,(H,24,26)/t23-/m0/s1. The number of aromatic nitrogens is 1. The van der Waals surface area contributed by atoms with E-state index in [0.29, 0.717) is 18.3 Å². The van der Waals surface area contributed by atoms with Crippen LogP contribution in [0.2, 0.25) is 0 Å². The highest BCUT2D eigenvalue weighted by Gasteiger charge is 2.21. The molecule has 0 bridgehead atoms. The average molecular weight is 369 g/mol. The van der Waals surface area contributed by atoms with Gasteiger partial charge in [0.1, 0.15) is 5.76 Å². The van der Waals surface area contributed by atoms with E-state index in [9.17, 15) is 4.79 Å². The summed E-state index contributed by atoms with van der Waals surface area (Å²) in [7, 11) is 0. The van der Waals surface area contributed by atoms with Crippen LogP contribution < -0.4 is 5.32 Å². The van der Waals surface area contributed by atoms with Crippen LogP contribution in [0.3, 0.4) is 0 Å². The SMILES string of the molecule is Cc1noc(C)c1CC(=O)N[C@H](c1ccc(C2CCCCC2)cc1)C(C)C. The lowest BCUT2D eigenvalue weighted by Crippen LogP contribution is -2.33. The Kier molecular flexibility index (Phi) is 6.35. The average Bonchev–Trinajstić information content (AvgIpc) is 2.99. The predicted octanol–water partition coefficient (Wildman–Crippen LogP) is 5.40. The van der Waals surface area contributed by atoms with Gasteiger partial charge in [0.15, 0.2) is 0 Å². The van der Waals surface area contributed by atoms with Gasteiger partial charge in [0.25, 0.3) is 0 Å². The topological polar surface area (TPSA) is 55.1 Å². The molecule has 0 aliphatic heterocycles. The van der Waals surface area contributed by atoms with Gasteiger partial charge in [-0.15, -0.1) is 0 Å². The summed E-state index contributed by atoms with van der Waals surface area (Å²) < 4.78 is 5.17. The molecule has 1 N–H and O–H groups in total. The zero-order valence-corrected chi connectivity index (χ0v) is 17.0. The number of aryl methyl sites for hydroxylation is 2. The molecule has 3 rings (SSSR count). The number of nitrogens with one attached hydrogen (secondary N) is 1. The molecule has 146 valence electrons. The van der Waals surface area contributed by atoms with Gasteiger partial charge in [-0.2, -0.15) is 0 Å². The summed E-state index contributed by atoms with van der Waals surface area (Å²) in [5.41, 5.74) is 4.31. The lowest BCUT2D eigenvalue weighted by molar-refractivity contribution is -0.121. The number of hydrogen-bond donors (Lipinski definition) is 1. The molecule has 1 amide bonds. The molecule has 1 fully saturated rings. The summed E-state index contributed by atoms with van der Waals surface area (Å²) in [4.78, 5) is 12.6. The molecule has 0 spiro atoms. The fraction of sp³-hybridized carbons (Fsp3) is 0.565. The third kappa shape index (κ3) is 4.79. The maximum atomic E-state index is 12.6. The van der Waals surface area contributed by atoms with Crippen LogP contribution in [0.5, 0.6) is 0 Å². The van der Waals surface area contributed by atoms with Gasteiger partial charge in [-0.1, -0.05) is 62.5 Å². The molecule has 4 heteroatoms. The van der Waals surface area contributed by atoms with Crippen molar-refractivity contribution in [3.05, 3.63) is 52.4 Å². The number of benzene rings is 1. The van der Waals surface area contributed by atoms with E-state index in [0.717, 1.165) is 17.0 Å². The molecule has 4 nitrogen and oxygen atoms in total. The second-order valence-electron chi connectivity index (χ2n) is 8.27. The van der Waals surface area contributed by atoms with E-state index in [4.69, 9.17) is 4.52 Å². The number of carbonyl (C=O) groups is 1. The first-order valence-corrected chi connectivity index (χ1v) is 10.3. The fourth-order valence-electron chi connectivity index (χ4n) is 4.19. The molecule has 0 saturated heterocycles. The molecular formula is C23H32N2O2. The second-order valence-corrected chi connectivity index (χ2v) is 8.27. The van der Waals surface area contributed by atoms with Gasteiger partial charge in [0.05, 0.1) is 18.2 Å². The number of rotatable bonds is 6. The Balaban J connectivity index is 1.68. The van der Waals surface area contributed by atoms with Gasteiger partial charge in [-0.05, 0) is 49.7 Å². The summed E-state index contributed by atoms with van der Waals surface area (Å²) in [5, 5.41) is 7.16. The first-order chi connectivity index (χ1) is 13.0. The first kappa shape index (κ1) is 19.7. The van der Waals surface area contributed by atoms with Crippen molar-refractivity contribution in [3.63, 3.8) is 0 Å². The van der Waals surface area contributed by atoms with Crippen molar-refractivity contribution in [1.82, 2.24) is 10.5 Å². The minimum Gasteiger partial charge on any atom is -0.361 e. The van der Waals surface area contributed by atoms with Gasteiger partial charge in [-0.3, -0.25) is 4.79 Å². The maximum Gasteiger partial charge on any atom is 0.225 e. The molecule has 0 unspecified atom stereocenters. The van der Waals surface area contributed by atoms with Crippen LogP contribution in [-0.2, 0) is 11.2 Å². The molecule has 0 radical (unpaired) electrons. The third-order valence-electron chi connectivity index (χ3n) is 5.87. The highest BCUT2D eigenvalue weighted by atomic mass is 16.5. The van der Waals surface area contributed by atoms with Crippen LogP contribution in [0.15, 0.2) is 28.8 Å². The molecule has 1 saturated carbocycles. The van der Waals surface area contributed by atoms with Gasteiger partial charge < -0.3 is 9.84 Å². The van der Waals surface area contributed by atoms with Crippen LogP contribution in [0.25, 0.3) is 0 Å². The summed E-state index contributed by atoms with van der Waals surface area (Å²) in [6, 6.07) is 8.94. The molecule has 1 aromatic heterocycles. The number of carbonyl (C=O) groups excluding carboxylic acids is 1. The fourth-order valence-corrected chi connectivity index (χ4v) is 4.19. The lowest BCUT2D eigenvalue weighted by atomic mass is 9.83. The molecule has 27 heavy (non-hydrogen) atoms. The van der Waals surface area contributed by atoms with E-state index in [1.807, 2.05) is 13.8 Å². The maximum absolute atomic E-state index is 12.6. The molecule has 1 atom stereocenters. The molecule has 1 aliphatic rings. The quantitative estimate of drug-likeness (QED) is 0.743. The van der Waals surface area contributed by atoms with Gasteiger partial charge in [0.2, 0.25) is 5.91 Å². The number of nitrogens with zero attached hydrogens (tertiary/aromatic N) is 1.